The lowest BCUT2D eigenvalue weighted by Crippen LogP contribution is -2.52. The predicted molar refractivity (Wildman–Crippen MR) is 121 cm³/mol. The molecule has 0 saturated carbocycles. The van der Waals surface area contributed by atoms with Crippen LogP contribution in [0.5, 0.6) is 5.75 Å². The fraction of sp³-hybridized carbons (Fsp3) is 0.381. The van der Waals surface area contributed by atoms with Gasteiger partial charge in [-0.25, -0.2) is 13.9 Å². The molecule has 33 heavy (non-hydrogen) atoms. The number of amides is 2. The third kappa shape index (κ3) is 6.41. The molecule has 3 N–H and O–H groups in total. The van der Waals surface area contributed by atoms with E-state index < -0.39 is 27.9 Å². The summed E-state index contributed by atoms with van der Waals surface area (Å²) in [5, 5.41) is 12.2. The molecule has 2 amide bonds. The van der Waals surface area contributed by atoms with Gasteiger partial charge in [0, 0.05) is 31.9 Å². The van der Waals surface area contributed by atoms with Crippen LogP contribution in [0.25, 0.3) is 0 Å². The number of hydroxylamine groups is 1. The van der Waals surface area contributed by atoms with E-state index in [1.54, 1.807) is 17.6 Å². The number of rotatable bonds is 8. The number of carbonyl (C=O) groups is 2. The molecule has 1 unspecified atom stereocenters. The third-order valence-electron chi connectivity index (χ3n) is 5.47. The normalized spacial score (nSPS) is 17.3. The highest BCUT2D eigenvalue weighted by Crippen LogP contribution is 2.30. The Hall–Kier alpha value is -2.73. The molecule has 1 saturated heterocycles. The van der Waals surface area contributed by atoms with Gasteiger partial charge in [-0.15, -0.1) is 12.4 Å². The topological polar surface area (TPSA) is 138 Å². The van der Waals surface area contributed by atoms with Gasteiger partial charge in [0.1, 0.15) is 11.8 Å². The monoisotopic (exact) mass is 498 g/mol. The molecule has 0 spiro atoms. The van der Waals surface area contributed by atoms with Crippen LogP contribution in [0.15, 0.2) is 53.7 Å². The highest BCUT2D eigenvalue weighted by atomic mass is 35.5. The summed E-state index contributed by atoms with van der Waals surface area (Å²) in [7, 11) is -2.70. The quantitative estimate of drug-likeness (QED) is 0.370. The van der Waals surface area contributed by atoms with Crippen LogP contribution in [0.1, 0.15) is 24.8 Å². The van der Waals surface area contributed by atoms with E-state index in [9.17, 15) is 23.2 Å². The molecule has 12 heteroatoms. The SMILES string of the molecule is COc1ccc(S(=O)(=O)N(Cc2ccncc2)[C@@H](C(=O)NO)C2CCNC(=O)CC2)cc1.Cl. The van der Waals surface area contributed by atoms with Crippen molar-refractivity contribution in [3.05, 3.63) is 54.4 Å². The molecule has 2 heterocycles. The van der Waals surface area contributed by atoms with Gasteiger partial charge in [-0.05, 0) is 60.7 Å². The van der Waals surface area contributed by atoms with E-state index in [1.165, 1.54) is 43.8 Å². The number of pyridine rings is 1. The van der Waals surface area contributed by atoms with E-state index in [-0.39, 0.29) is 36.2 Å². The van der Waals surface area contributed by atoms with E-state index in [2.05, 4.69) is 10.3 Å². The number of aromatic nitrogens is 1. The molecular formula is C21H27ClN4O6S. The number of benzene rings is 1. The first-order chi connectivity index (χ1) is 15.4. The van der Waals surface area contributed by atoms with Gasteiger partial charge < -0.3 is 10.1 Å². The minimum Gasteiger partial charge on any atom is -0.497 e. The van der Waals surface area contributed by atoms with Crippen molar-refractivity contribution in [3.63, 3.8) is 0 Å². The predicted octanol–water partition coefficient (Wildman–Crippen LogP) is 1.49. The summed E-state index contributed by atoms with van der Waals surface area (Å²) in [6.07, 6.45) is 3.90. The van der Waals surface area contributed by atoms with Gasteiger partial charge in [0.05, 0.1) is 12.0 Å². The lowest BCUT2D eigenvalue weighted by atomic mass is 9.91. The van der Waals surface area contributed by atoms with Gasteiger partial charge in [0.2, 0.25) is 15.9 Å². The molecular weight excluding hydrogens is 472 g/mol. The summed E-state index contributed by atoms with van der Waals surface area (Å²) < 4.78 is 33.6. The second-order valence-corrected chi connectivity index (χ2v) is 9.33. The molecule has 3 rings (SSSR count). The molecule has 0 bridgehead atoms. The second kappa shape index (κ2) is 11.9. The van der Waals surface area contributed by atoms with Crippen LogP contribution in [0.2, 0.25) is 0 Å². The van der Waals surface area contributed by atoms with E-state index in [4.69, 9.17) is 4.74 Å². The standard InChI is InChI=1S/C21H26N4O6S.ClH/c1-31-17-3-5-18(6-4-17)32(29,30)25(14-15-8-11-22-12-9-15)20(21(27)24-28)16-2-7-19(26)23-13-10-16;/h3-6,8-9,11-12,16,20,28H,2,7,10,13-14H2,1H3,(H,23,26)(H,24,27);1H/t16?,20-;/m1./s1. The number of hydrogen-bond donors (Lipinski definition) is 3. The summed E-state index contributed by atoms with van der Waals surface area (Å²) in [6.45, 7) is 0.192. The van der Waals surface area contributed by atoms with Crippen molar-refractivity contribution in [3.8, 4) is 5.75 Å². The van der Waals surface area contributed by atoms with Crippen molar-refractivity contribution in [2.24, 2.45) is 5.92 Å². The van der Waals surface area contributed by atoms with Crippen molar-refractivity contribution in [2.75, 3.05) is 13.7 Å². The molecule has 1 aromatic carbocycles. The number of nitrogens with zero attached hydrogens (tertiary/aromatic N) is 2. The average Bonchev–Trinajstić information content (AvgIpc) is 3.03. The molecule has 180 valence electrons. The molecule has 1 aliphatic rings. The molecule has 10 nitrogen and oxygen atoms in total. The first kappa shape index (κ1) is 26.5. The van der Waals surface area contributed by atoms with Gasteiger partial charge in [0.25, 0.3) is 5.91 Å². The minimum absolute atomic E-state index is 0. The first-order valence-corrected chi connectivity index (χ1v) is 11.6. The largest absolute Gasteiger partial charge is 0.497 e. The summed E-state index contributed by atoms with van der Waals surface area (Å²) in [5.74, 6) is -1.01. The molecule has 0 aliphatic carbocycles. The van der Waals surface area contributed by atoms with E-state index in [0.29, 0.717) is 30.7 Å². The maximum atomic E-state index is 13.7. The van der Waals surface area contributed by atoms with Crippen LogP contribution in [0.3, 0.4) is 0 Å². The Morgan fingerprint density at radius 2 is 1.91 bits per heavy atom. The smallest absolute Gasteiger partial charge is 0.262 e. The minimum atomic E-state index is -4.17. The van der Waals surface area contributed by atoms with Crippen LogP contribution in [0.4, 0.5) is 0 Å². The molecule has 1 aliphatic heterocycles. The summed E-state index contributed by atoms with van der Waals surface area (Å²) >= 11 is 0. The lowest BCUT2D eigenvalue weighted by molar-refractivity contribution is -0.135. The summed E-state index contributed by atoms with van der Waals surface area (Å²) in [4.78, 5) is 28.6. The Morgan fingerprint density at radius 3 is 2.52 bits per heavy atom. The Morgan fingerprint density at radius 1 is 1.24 bits per heavy atom. The number of hydrogen-bond acceptors (Lipinski definition) is 7. The zero-order valence-corrected chi connectivity index (χ0v) is 19.6. The summed E-state index contributed by atoms with van der Waals surface area (Å²) in [6, 6.07) is 7.93. The van der Waals surface area contributed by atoms with E-state index in [0.717, 1.165) is 4.31 Å². The molecule has 0 radical (unpaired) electrons. The molecule has 2 atom stereocenters. The van der Waals surface area contributed by atoms with Crippen LogP contribution in [-0.4, -0.2) is 54.4 Å². The number of ether oxygens (including phenoxy) is 1. The second-order valence-electron chi connectivity index (χ2n) is 7.44. The van der Waals surface area contributed by atoms with Crippen LogP contribution < -0.4 is 15.5 Å². The number of carbonyl (C=O) groups excluding carboxylic acids is 2. The Kier molecular flexibility index (Phi) is 9.59. The fourth-order valence-corrected chi connectivity index (χ4v) is 5.43. The van der Waals surface area contributed by atoms with Crippen LogP contribution in [-0.2, 0) is 26.2 Å². The Balaban J connectivity index is 0.00000385. The highest BCUT2D eigenvalue weighted by molar-refractivity contribution is 7.89. The van der Waals surface area contributed by atoms with Gasteiger partial charge in [0.15, 0.2) is 0 Å². The number of sulfonamides is 1. The average molecular weight is 499 g/mol. The van der Waals surface area contributed by atoms with Gasteiger partial charge in [-0.3, -0.25) is 19.8 Å². The van der Waals surface area contributed by atoms with Crippen LogP contribution in [0, 0.1) is 5.92 Å². The van der Waals surface area contributed by atoms with Crippen molar-refractivity contribution in [1.29, 1.82) is 0 Å². The maximum Gasteiger partial charge on any atom is 0.262 e. The van der Waals surface area contributed by atoms with Crippen molar-refractivity contribution >= 4 is 34.2 Å². The van der Waals surface area contributed by atoms with E-state index in [1.807, 2.05) is 0 Å². The molecule has 2 aromatic rings. The van der Waals surface area contributed by atoms with Gasteiger partial charge >= 0.3 is 0 Å². The number of halogens is 1. The maximum absolute atomic E-state index is 13.7. The zero-order valence-electron chi connectivity index (χ0n) is 18.0. The third-order valence-corrected chi connectivity index (χ3v) is 7.31. The Labute approximate surface area is 198 Å². The lowest BCUT2D eigenvalue weighted by Gasteiger charge is -2.34. The van der Waals surface area contributed by atoms with Crippen molar-refractivity contribution in [2.45, 2.75) is 36.7 Å². The fourth-order valence-electron chi connectivity index (χ4n) is 3.79. The highest BCUT2D eigenvalue weighted by Gasteiger charge is 2.41. The zero-order chi connectivity index (χ0) is 23.1. The first-order valence-electron chi connectivity index (χ1n) is 10.1. The van der Waals surface area contributed by atoms with Gasteiger partial charge in [-0.1, -0.05) is 0 Å². The molecule has 1 aromatic heterocycles. The molecule has 1 fully saturated rings. The number of methoxy groups -OCH3 is 1. The number of nitrogens with one attached hydrogen (secondary N) is 2. The van der Waals surface area contributed by atoms with Gasteiger partial charge in [-0.2, -0.15) is 4.31 Å². The van der Waals surface area contributed by atoms with E-state index >= 15 is 0 Å². The Bertz CT molecular complexity index is 1040. The van der Waals surface area contributed by atoms with Crippen molar-refractivity contribution < 1.29 is 28.0 Å². The van der Waals surface area contributed by atoms with Crippen LogP contribution >= 0.6 is 12.4 Å². The van der Waals surface area contributed by atoms with Crippen molar-refractivity contribution in [1.82, 2.24) is 20.1 Å². The summed E-state index contributed by atoms with van der Waals surface area (Å²) in [5.41, 5.74) is 2.24.